The van der Waals surface area contributed by atoms with E-state index in [-0.39, 0.29) is 30.4 Å². The zero-order valence-corrected chi connectivity index (χ0v) is 22.5. The van der Waals surface area contributed by atoms with E-state index >= 15 is 0 Å². The Morgan fingerprint density at radius 1 is 1.00 bits per heavy atom. The lowest BCUT2D eigenvalue weighted by molar-refractivity contribution is -0.121. The van der Waals surface area contributed by atoms with Gasteiger partial charge in [-0.3, -0.25) is 14.5 Å². The van der Waals surface area contributed by atoms with Gasteiger partial charge in [0.25, 0.3) is 11.8 Å². The number of nitrogens with zero attached hydrogens (tertiary/aromatic N) is 3. The zero-order valence-electron chi connectivity index (χ0n) is 22.5. The maximum absolute atomic E-state index is 13.2. The summed E-state index contributed by atoms with van der Waals surface area (Å²) in [5.41, 5.74) is 2.97. The van der Waals surface area contributed by atoms with Gasteiger partial charge in [-0.05, 0) is 65.9 Å². The number of methoxy groups -OCH3 is 1. The minimum Gasteiger partial charge on any atom is -0.497 e. The minimum atomic E-state index is -0.136. The molecule has 0 N–H and O–H groups in total. The quantitative estimate of drug-likeness (QED) is 0.445. The number of hydrogen-bond donors (Lipinski definition) is 0. The van der Waals surface area contributed by atoms with Crippen LogP contribution in [0.15, 0.2) is 59.0 Å². The number of furan rings is 1. The minimum absolute atomic E-state index is 0.0194. The molecule has 38 heavy (non-hydrogen) atoms. The molecule has 1 saturated heterocycles. The van der Waals surface area contributed by atoms with Gasteiger partial charge in [0.05, 0.1) is 19.3 Å². The number of hydrogen-bond acceptors (Lipinski definition) is 6. The molecule has 2 aliphatic heterocycles. The second kappa shape index (κ2) is 10.4. The maximum Gasteiger partial charge on any atom is 0.289 e. The first-order valence-corrected chi connectivity index (χ1v) is 13.1. The fourth-order valence-corrected chi connectivity index (χ4v) is 4.85. The highest BCUT2D eigenvalue weighted by Gasteiger charge is 2.30. The van der Waals surface area contributed by atoms with Crippen molar-refractivity contribution in [2.45, 2.75) is 39.2 Å². The van der Waals surface area contributed by atoms with E-state index in [1.54, 1.807) is 24.1 Å². The van der Waals surface area contributed by atoms with Gasteiger partial charge in [-0.15, -0.1) is 0 Å². The Labute approximate surface area is 223 Å². The fourth-order valence-electron chi connectivity index (χ4n) is 4.85. The molecule has 8 heteroatoms. The second-order valence-corrected chi connectivity index (χ2v) is 10.4. The third-order valence-electron chi connectivity index (χ3n) is 7.76. The number of anilines is 2. The van der Waals surface area contributed by atoms with Crippen LogP contribution in [-0.4, -0.2) is 56.6 Å². The van der Waals surface area contributed by atoms with E-state index in [1.807, 2.05) is 41.3 Å². The molecule has 0 spiro atoms. The van der Waals surface area contributed by atoms with Crippen molar-refractivity contribution in [1.29, 1.82) is 0 Å². The molecule has 8 nitrogen and oxygen atoms in total. The topological polar surface area (TPSA) is 75.5 Å². The largest absolute Gasteiger partial charge is 0.497 e. The number of carbonyl (C=O) groups excluding carboxylic acids is 2. The summed E-state index contributed by atoms with van der Waals surface area (Å²) >= 11 is 0. The number of piperazine rings is 1. The summed E-state index contributed by atoms with van der Waals surface area (Å²) in [6.45, 7) is 9.43. The molecule has 0 unspecified atom stereocenters. The van der Waals surface area contributed by atoms with Crippen LogP contribution < -0.4 is 19.3 Å². The first-order chi connectivity index (χ1) is 18.3. The Kier molecular flexibility index (Phi) is 7.06. The number of rotatable bonds is 7. The van der Waals surface area contributed by atoms with Crippen molar-refractivity contribution in [2.75, 3.05) is 49.7 Å². The van der Waals surface area contributed by atoms with Crippen LogP contribution >= 0.6 is 0 Å². The first kappa shape index (κ1) is 25.7. The normalized spacial score (nSPS) is 15.8. The lowest BCUT2D eigenvalue weighted by Crippen LogP contribution is -2.48. The van der Waals surface area contributed by atoms with E-state index < -0.39 is 0 Å². The molecule has 0 atom stereocenters. The van der Waals surface area contributed by atoms with Crippen LogP contribution in [0.1, 0.15) is 49.1 Å². The van der Waals surface area contributed by atoms with Gasteiger partial charge < -0.3 is 23.7 Å². The third kappa shape index (κ3) is 5.08. The SMILES string of the molecule is CCC(C)(C)c1ccc2c(c1)N(Cc1ccc(C(=O)N3CCN(c4ccc(OC)cc4)CC3)o1)C(=O)CO2. The summed E-state index contributed by atoms with van der Waals surface area (Å²) in [6.07, 6.45) is 0.971. The van der Waals surface area contributed by atoms with Crippen molar-refractivity contribution in [3.63, 3.8) is 0 Å². The van der Waals surface area contributed by atoms with Gasteiger partial charge in [-0.25, -0.2) is 0 Å². The van der Waals surface area contributed by atoms with E-state index in [2.05, 4.69) is 31.7 Å². The van der Waals surface area contributed by atoms with Gasteiger partial charge in [-0.1, -0.05) is 26.8 Å². The Balaban J connectivity index is 1.25. The van der Waals surface area contributed by atoms with Crippen molar-refractivity contribution in [3.8, 4) is 11.5 Å². The Morgan fingerprint density at radius 2 is 1.74 bits per heavy atom. The summed E-state index contributed by atoms with van der Waals surface area (Å²) in [6, 6.07) is 17.5. The summed E-state index contributed by atoms with van der Waals surface area (Å²) in [4.78, 5) is 31.8. The van der Waals surface area contributed by atoms with Crippen LogP contribution in [0.4, 0.5) is 11.4 Å². The van der Waals surface area contributed by atoms with Gasteiger partial charge >= 0.3 is 0 Å². The number of ether oxygens (including phenoxy) is 2. The molecule has 200 valence electrons. The van der Waals surface area contributed by atoms with E-state index in [1.165, 1.54) is 0 Å². The number of benzene rings is 2. The average molecular weight is 518 g/mol. The van der Waals surface area contributed by atoms with Gasteiger partial charge in [0.15, 0.2) is 12.4 Å². The number of fused-ring (bicyclic) bond motifs is 1. The molecule has 5 rings (SSSR count). The second-order valence-electron chi connectivity index (χ2n) is 10.4. The van der Waals surface area contributed by atoms with Gasteiger partial charge in [-0.2, -0.15) is 0 Å². The van der Waals surface area contributed by atoms with Crippen molar-refractivity contribution < 1.29 is 23.5 Å². The van der Waals surface area contributed by atoms with Crippen LogP contribution in [0.5, 0.6) is 11.5 Å². The first-order valence-electron chi connectivity index (χ1n) is 13.1. The highest BCUT2D eigenvalue weighted by atomic mass is 16.5. The van der Waals surface area contributed by atoms with Crippen molar-refractivity contribution >= 4 is 23.2 Å². The summed E-state index contributed by atoms with van der Waals surface area (Å²) in [7, 11) is 1.65. The van der Waals surface area contributed by atoms with Gasteiger partial charge in [0.2, 0.25) is 0 Å². The van der Waals surface area contributed by atoms with Crippen LogP contribution in [0.2, 0.25) is 0 Å². The summed E-state index contributed by atoms with van der Waals surface area (Å²) in [5, 5.41) is 0. The maximum atomic E-state index is 13.2. The standard InChI is InChI=1S/C30H35N3O5/c1-5-30(2,3)21-6-12-26-25(18-21)33(28(34)20-37-26)19-24-11-13-27(38-24)29(35)32-16-14-31(15-17-32)22-7-9-23(36-4)10-8-22/h6-13,18H,5,14-17,19-20H2,1-4H3. The molecular weight excluding hydrogens is 482 g/mol. The van der Waals surface area contributed by atoms with Crippen molar-refractivity contribution in [3.05, 3.63) is 71.7 Å². The smallest absolute Gasteiger partial charge is 0.289 e. The fraction of sp³-hybridized carbons (Fsp3) is 0.400. The molecule has 0 bridgehead atoms. The van der Waals surface area contributed by atoms with E-state index in [0.29, 0.717) is 30.4 Å². The van der Waals surface area contributed by atoms with Gasteiger partial charge in [0.1, 0.15) is 17.3 Å². The summed E-state index contributed by atoms with van der Waals surface area (Å²) in [5.74, 6) is 2.09. The summed E-state index contributed by atoms with van der Waals surface area (Å²) < 4.78 is 16.9. The van der Waals surface area contributed by atoms with Crippen LogP contribution in [0.25, 0.3) is 0 Å². The molecule has 0 saturated carbocycles. The predicted octanol–water partition coefficient (Wildman–Crippen LogP) is 4.86. The molecule has 1 fully saturated rings. The number of amides is 2. The monoisotopic (exact) mass is 517 g/mol. The van der Waals surface area contributed by atoms with E-state index in [4.69, 9.17) is 13.9 Å². The van der Waals surface area contributed by atoms with Crippen LogP contribution in [0, 0.1) is 0 Å². The average Bonchev–Trinajstić information content (AvgIpc) is 3.42. The number of carbonyl (C=O) groups is 2. The van der Waals surface area contributed by atoms with E-state index in [9.17, 15) is 9.59 Å². The molecular formula is C30H35N3O5. The zero-order chi connectivity index (χ0) is 26.9. The van der Waals surface area contributed by atoms with Gasteiger partial charge in [0, 0.05) is 31.9 Å². The van der Waals surface area contributed by atoms with Crippen molar-refractivity contribution in [2.24, 2.45) is 0 Å². The molecule has 3 aromatic rings. The molecule has 2 aliphatic rings. The Hall–Kier alpha value is -3.94. The molecule has 2 aromatic carbocycles. The molecule has 2 amide bonds. The lowest BCUT2D eigenvalue weighted by atomic mass is 9.82. The lowest BCUT2D eigenvalue weighted by Gasteiger charge is -2.35. The van der Waals surface area contributed by atoms with E-state index in [0.717, 1.165) is 42.2 Å². The highest BCUT2D eigenvalue weighted by molar-refractivity contribution is 5.98. The van der Waals surface area contributed by atoms with Crippen LogP contribution in [0.3, 0.4) is 0 Å². The van der Waals surface area contributed by atoms with Crippen LogP contribution in [-0.2, 0) is 16.8 Å². The third-order valence-corrected chi connectivity index (χ3v) is 7.76. The molecule has 1 aromatic heterocycles. The van der Waals surface area contributed by atoms with Crippen molar-refractivity contribution in [1.82, 2.24) is 4.90 Å². The predicted molar refractivity (Wildman–Crippen MR) is 146 cm³/mol. The Morgan fingerprint density at radius 3 is 2.42 bits per heavy atom. The Bertz CT molecular complexity index is 1310. The molecule has 0 radical (unpaired) electrons. The highest BCUT2D eigenvalue weighted by Crippen LogP contribution is 2.38. The molecule has 0 aliphatic carbocycles. The molecule has 3 heterocycles.